The molecule has 0 amide bonds. The van der Waals surface area contributed by atoms with Crippen molar-refractivity contribution in [3.63, 3.8) is 0 Å². The average molecular weight is 584 g/mol. The molecule has 0 fully saturated rings. The second-order valence-corrected chi connectivity index (χ2v) is 7.42. The van der Waals surface area contributed by atoms with Crippen LogP contribution in [0.15, 0.2) is 64.4 Å². The Morgan fingerprint density at radius 2 is 1.24 bits per heavy atom. The molecule has 2 heterocycles. The number of nitrogens with one attached hydrogen (secondary N) is 2. The number of pyridine rings is 2. The summed E-state index contributed by atoms with van der Waals surface area (Å²) in [6.45, 7) is 0. The van der Waals surface area contributed by atoms with Crippen LogP contribution in [0.1, 0.15) is 0 Å². The second kappa shape index (κ2) is 9.33. The molecule has 33 heavy (non-hydrogen) atoms. The molecule has 0 saturated carbocycles. The maximum Gasteiger partial charge on any atom is 0.573 e. The Morgan fingerprint density at radius 1 is 0.727 bits per heavy atom. The lowest BCUT2D eigenvalue weighted by atomic mass is 10.2. The third-order valence-electron chi connectivity index (χ3n) is 4.04. The van der Waals surface area contributed by atoms with E-state index in [2.05, 4.69) is 19.4 Å². The van der Waals surface area contributed by atoms with Crippen molar-refractivity contribution in [2.24, 2.45) is 0 Å². The van der Waals surface area contributed by atoms with Gasteiger partial charge in [0, 0.05) is 23.8 Å². The molecular weight excluding hydrogens is 573 g/mol. The number of para-hydroxylation sites is 2. The lowest BCUT2D eigenvalue weighted by Gasteiger charge is -2.10. The highest BCUT2D eigenvalue weighted by molar-refractivity contribution is 14.1. The highest BCUT2D eigenvalue weighted by atomic mass is 127. The van der Waals surface area contributed by atoms with Crippen LogP contribution in [-0.2, 0) is 0 Å². The summed E-state index contributed by atoms with van der Waals surface area (Å²) in [5.74, 6) is -0.828. The van der Waals surface area contributed by atoms with Crippen molar-refractivity contribution in [3.05, 3.63) is 78.9 Å². The monoisotopic (exact) mass is 584 g/mol. The number of H-pyrrole nitrogens is 2. The van der Waals surface area contributed by atoms with E-state index in [9.17, 15) is 35.9 Å². The van der Waals surface area contributed by atoms with Gasteiger partial charge in [0.05, 0.1) is 20.0 Å². The fraction of sp³-hybridized carbons (Fsp3) is 0.100. The zero-order valence-corrected chi connectivity index (χ0v) is 18.1. The molecule has 0 aliphatic heterocycles. The summed E-state index contributed by atoms with van der Waals surface area (Å²) in [7, 11) is 0. The topological polar surface area (TPSA) is 84.2 Å². The Labute approximate surface area is 193 Å². The first-order chi connectivity index (χ1) is 15.4. The molecule has 2 aromatic heterocycles. The van der Waals surface area contributed by atoms with Gasteiger partial charge in [-0.1, -0.05) is 12.1 Å². The number of hydrogen-bond acceptors (Lipinski definition) is 4. The molecule has 13 heteroatoms. The minimum atomic E-state index is -4.78. The van der Waals surface area contributed by atoms with Crippen LogP contribution in [0, 0.1) is 3.57 Å². The smallest absolute Gasteiger partial charge is 0.404 e. The molecule has 4 aromatic rings. The van der Waals surface area contributed by atoms with E-state index in [0.29, 0.717) is 3.57 Å². The van der Waals surface area contributed by atoms with E-state index >= 15 is 0 Å². The van der Waals surface area contributed by atoms with Gasteiger partial charge in [0.15, 0.2) is 16.9 Å². The molecule has 2 aromatic carbocycles. The molecule has 0 radical (unpaired) electrons. The maximum absolute atomic E-state index is 12.1. The third kappa shape index (κ3) is 6.18. The fourth-order valence-electron chi connectivity index (χ4n) is 2.79. The number of fused-ring (bicyclic) bond motifs is 2. The van der Waals surface area contributed by atoms with E-state index < -0.39 is 24.2 Å². The minimum Gasteiger partial charge on any atom is -0.404 e. The summed E-state index contributed by atoms with van der Waals surface area (Å²) in [6, 6.07) is 9.08. The first-order valence-electron chi connectivity index (χ1n) is 8.77. The van der Waals surface area contributed by atoms with E-state index in [-0.39, 0.29) is 32.7 Å². The van der Waals surface area contributed by atoms with E-state index in [1.54, 1.807) is 22.6 Å². The lowest BCUT2D eigenvalue weighted by molar-refractivity contribution is -0.275. The molecule has 0 aliphatic rings. The number of rotatable bonds is 2. The summed E-state index contributed by atoms with van der Waals surface area (Å²) in [6.07, 6.45) is -6.95. The van der Waals surface area contributed by atoms with Crippen LogP contribution in [0.25, 0.3) is 21.8 Å². The van der Waals surface area contributed by atoms with Gasteiger partial charge in [-0.05, 0) is 46.9 Å². The van der Waals surface area contributed by atoms with E-state index in [0.717, 1.165) is 12.1 Å². The Hall–Kier alpha value is -3.23. The van der Waals surface area contributed by atoms with E-state index in [4.69, 9.17) is 0 Å². The first-order valence-corrected chi connectivity index (χ1v) is 9.85. The standard InChI is InChI=1S/C10H5F3INO2.C10H6F3NO2/c11-10(12,13)17-7-3-1-2-5-8(7)15-4-6(14)9(5)16;11-10(12,13)16-8-3-1-2-6-7(15)4-5-14-9(6)8/h1-4H,(H,15,16);1-5H,(H,14,15). The van der Waals surface area contributed by atoms with Crippen LogP contribution in [-0.4, -0.2) is 22.7 Å². The summed E-state index contributed by atoms with van der Waals surface area (Å²) < 4.78 is 80.6. The van der Waals surface area contributed by atoms with Gasteiger partial charge < -0.3 is 19.4 Å². The van der Waals surface area contributed by atoms with Crippen molar-refractivity contribution in [2.75, 3.05) is 0 Å². The number of alkyl halides is 6. The molecule has 0 aliphatic carbocycles. The summed E-state index contributed by atoms with van der Waals surface area (Å²) in [4.78, 5) is 28.2. The molecule has 2 N–H and O–H groups in total. The third-order valence-corrected chi connectivity index (χ3v) is 4.84. The number of aromatic nitrogens is 2. The number of ether oxygens (including phenoxy) is 2. The number of aromatic amines is 2. The van der Waals surface area contributed by atoms with Gasteiger partial charge in [0.2, 0.25) is 5.43 Å². The van der Waals surface area contributed by atoms with Crippen molar-refractivity contribution in [1.82, 2.24) is 9.97 Å². The van der Waals surface area contributed by atoms with E-state index in [1.165, 1.54) is 42.7 Å². The predicted molar refractivity (Wildman–Crippen MR) is 115 cm³/mol. The molecule has 0 spiro atoms. The van der Waals surface area contributed by atoms with Crippen molar-refractivity contribution in [1.29, 1.82) is 0 Å². The molecule has 4 rings (SSSR count). The van der Waals surface area contributed by atoms with E-state index in [1.807, 2.05) is 0 Å². The number of halogens is 7. The average Bonchev–Trinajstić information content (AvgIpc) is 2.70. The SMILES string of the molecule is O=c1c(I)c[nH]c2c(OC(F)(F)F)cccc12.O=c1cc[nH]c2c(OC(F)(F)F)cccc12. The van der Waals surface area contributed by atoms with Gasteiger partial charge in [0.1, 0.15) is 0 Å². The van der Waals surface area contributed by atoms with Gasteiger partial charge >= 0.3 is 12.7 Å². The minimum absolute atomic E-state index is 0.0346. The summed E-state index contributed by atoms with van der Waals surface area (Å²) >= 11 is 1.81. The molecule has 0 unspecified atom stereocenters. The van der Waals surface area contributed by atoms with Crippen LogP contribution in [0.3, 0.4) is 0 Å². The molecule has 174 valence electrons. The number of benzene rings is 2. The van der Waals surface area contributed by atoms with Gasteiger partial charge in [-0.2, -0.15) is 0 Å². The number of hydrogen-bond donors (Lipinski definition) is 2. The molecule has 0 saturated heterocycles. The van der Waals surface area contributed by atoms with Crippen LogP contribution < -0.4 is 20.3 Å². The zero-order valence-electron chi connectivity index (χ0n) is 16.0. The Kier molecular flexibility index (Phi) is 6.90. The largest absolute Gasteiger partial charge is 0.573 e. The van der Waals surface area contributed by atoms with Gasteiger partial charge in [-0.3, -0.25) is 9.59 Å². The summed E-state index contributed by atoms with van der Waals surface area (Å²) in [5.41, 5.74) is -0.615. The summed E-state index contributed by atoms with van der Waals surface area (Å²) in [5, 5.41) is 0.322. The van der Waals surface area contributed by atoms with Crippen LogP contribution in [0.2, 0.25) is 0 Å². The Balaban J connectivity index is 0.000000186. The van der Waals surface area contributed by atoms with Gasteiger partial charge in [0.25, 0.3) is 0 Å². The van der Waals surface area contributed by atoms with Crippen LogP contribution >= 0.6 is 22.6 Å². The van der Waals surface area contributed by atoms with Crippen LogP contribution in [0.5, 0.6) is 11.5 Å². The highest BCUT2D eigenvalue weighted by Crippen LogP contribution is 2.29. The molecule has 0 bridgehead atoms. The van der Waals surface area contributed by atoms with Gasteiger partial charge in [-0.15, -0.1) is 26.3 Å². The fourth-order valence-corrected chi connectivity index (χ4v) is 3.24. The molecular formula is C20H11F6IN2O4. The molecule has 6 nitrogen and oxygen atoms in total. The lowest BCUT2D eigenvalue weighted by Crippen LogP contribution is -2.18. The van der Waals surface area contributed by atoms with Crippen molar-refractivity contribution in [2.45, 2.75) is 12.7 Å². The zero-order chi connectivity index (χ0) is 24.4. The van der Waals surface area contributed by atoms with Crippen molar-refractivity contribution < 1.29 is 35.8 Å². The predicted octanol–water partition coefficient (Wildman–Crippen LogP) is 5.46. The Bertz CT molecular complexity index is 1410. The molecule has 0 atom stereocenters. The first kappa shape index (κ1) is 24.4. The quantitative estimate of drug-likeness (QED) is 0.242. The van der Waals surface area contributed by atoms with Crippen LogP contribution in [0.4, 0.5) is 26.3 Å². The highest BCUT2D eigenvalue weighted by Gasteiger charge is 2.32. The Morgan fingerprint density at radius 3 is 1.79 bits per heavy atom. The maximum atomic E-state index is 12.1. The van der Waals surface area contributed by atoms with Gasteiger partial charge in [-0.25, -0.2) is 0 Å². The normalized spacial score (nSPS) is 11.7. The second-order valence-electron chi connectivity index (χ2n) is 6.26. The van der Waals surface area contributed by atoms with Crippen molar-refractivity contribution >= 4 is 44.4 Å². The van der Waals surface area contributed by atoms with Crippen molar-refractivity contribution in [3.8, 4) is 11.5 Å².